The first-order valence-corrected chi connectivity index (χ1v) is 4.71. The summed E-state index contributed by atoms with van der Waals surface area (Å²) in [7, 11) is 0. The van der Waals surface area contributed by atoms with E-state index in [0.717, 1.165) is 5.33 Å². The smallest absolute Gasteiger partial charge is 0.251 e. The molecule has 0 aliphatic rings. The second-order valence-electron chi connectivity index (χ2n) is 2.18. The third kappa shape index (κ3) is 2.62. The van der Waals surface area contributed by atoms with Crippen LogP contribution in [0.3, 0.4) is 0 Å². The van der Waals surface area contributed by atoms with Crippen molar-refractivity contribution in [2.45, 2.75) is 0 Å². The highest BCUT2D eigenvalue weighted by atomic mass is 79.9. The number of carbonyl (C=O) groups excluding carboxylic acids is 1. The Morgan fingerprint density at radius 2 is 2.17 bits per heavy atom. The van der Waals surface area contributed by atoms with E-state index < -0.39 is 0 Å². The highest BCUT2D eigenvalue weighted by Crippen LogP contribution is 1.94. The van der Waals surface area contributed by atoms with Crippen LogP contribution in [0.25, 0.3) is 0 Å². The molecule has 1 N–H and O–H groups in total. The zero-order chi connectivity index (χ0) is 8.81. The van der Waals surface area contributed by atoms with Crippen molar-refractivity contribution in [2.24, 2.45) is 0 Å². The standard InChI is InChI=1S/C8H9BrN2O/c9-3-6-11-8(12)7-1-4-10-5-2-7/h1-2,4-5H,3,6H2,(H,11,12). The van der Waals surface area contributed by atoms with Crippen LogP contribution in [0.4, 0.5) is 0 Å². The fraction of sp³-hybridized carbons (Fsp3) is 0.250. The summed E-state index contributed by atoms with van der Waals surface area (Å²) in [6.07, 6.45) is 3.20. The van der Waals surface area contributed by atoms with Crippen LogP contribution in [0, 0.1) is 0 Å². The van der Waals surface area contributed by atoms with E-state index in [9.17, 15) is 4.79 Å². The maximum absolute atomic E-state index is 11.2. The lowest BCUT2D eigenvalue weighted by atomic mass is 10.2. The molecule has 0 saturated carbocycles. The van der Waals surface area contributed by atoms with Crippen molar-refractivity contribution in [3.8, 4) is 0 Å². The van der Waals surface area contributed by atoms with Gasteiger partial charge in [-0.15, -0.1) is 0 Å². The van der Waals surface area contributed by atoms with Crippen LogP contribution < -0.4 is 5.32 Å². The van der Waals surface area contributed by atoms with Gasteiger partial charge in [0.2, 0.25) is 0 Å². The Morgan fingerprint density at radius 1 is 1.50 bits per heavy atom. The van der Waals surface area contributed by atoms with Gasteiger partial charge in [-0.05, 0) is 12.1 Å². The number of nitrogens with one attached hydrogen (secondary N) is 1. The molecule has 64 valence electrons. The third-order valence-corrected chi connectivity index (χ3v) is 1.72. The van der Waals surface area contributed by atoms with E-state index in [4.69, 9.17) is 0 Å². The summed E-state index contributed by atoms with van der Waals surface area (Å²) in [6, 6.07) is 3.37. The molecule has 0 aliphatic carbocycles. The maximum atomic E-state index is 11.2. The van der Waals surface area contributed by atoms with Gasteiger partial charge in [-0.3, -0.25) is 9.78 Å². The molecular formula is C8H9BrN2O. The Morgan fingerprint density at radius 3 is 2.75 bits per heavy atom. The normalized spacial score (nSPS) is 9.42. The molecule has 0 unspecified atom stereocenters. The van der Waals surface area contributed by atoms with Crippen molar-refractivity contribution in [1.29, 1.82) is 0 Å². The van der Waals surface area contributed by atoms with Gasteiger partial charge in [0.05, 0.1) is 0 Å². The minimum absolute atomic E-state index is 0.0585. The average molecular weight is 229 g/mol. The van der Waals surface area contributed by atoms with Gasteiger partial charge in [0.15, 0.2) is 0 Å². The summed E-state index contributed by atoms with van der Waals surface area (Å²) in [5.74, 6) is -0.0585. The van der Waals surface area contributed by atoms with Crippen molar-refractivity contribution in [1.82, 2.24) is 10.3 Å². The highest BCUT2D eigenvalue weighted by molar-refractivity contribution is 9.09. The van der Waals surface area contributed by atoms with Crippen LogP contribution in [0.1, 0.15) is 10.4 Å². The number of alkyl halides is 1. The first kappa shape index (κ1) is 9.19. The van der Waals surface area contributed by atoms with Gasteiger partial charge in [-0.1, -0.05) is 15.9 Å². The lowest BCUT2D eigenvalue weighted by Crippen LogP contribution is -2.24. The molecule has 0 radical (unpaired) electrons. The fourth-order valence-corrected chi connectivity index (χ4v) is 0.964. The zero-order valence-electron chi connectivity index (χ0n) is 6.46. The number of amides is 1. The van der Waals surface area contributed by atoms with E-state index in [0.29, 0.717) is 12.1 Å². The van der Waals surface area contributed by atoms with E-state index in [1.807, 2.05) is 0 Å². The highest BCUT2D eigenvalue weighted by Gasteiger charge is 2.01. The van der Waals surface area contributed by atoms with Crippen LogP contribution in [-0.4, -0.2) is 22.8 Å². The Bertz CT molecular complexity index is 250. The average Bonchev–Trinajstić information content (AvgIpc) is 2.15. The largest absolute Gasteiger partial charge is 0.351 e. The minimum Gasteiger partial charge on any atom is -0.351 e. The number of hydrogen-bond acceptors (Lipinski definition) is 2. The van der Waals surface area contributed by atoms with Crippen LogP contribution in [0.15, 0.2) is 24.5 Å². The van der Waals surface area contributed by atoms with Gasteiger partial charge in [-0.2, -0.15) is 0 Å². The molecule has 0 bridgehead atoms. The molecule has 1 heterocycles. The van der Waals surface area contributed by atoms with Crippen LogP contribution in [0.2, 0.25) is 0 Å². The second-order valence-corrected chi connectivity index (χ2v) is 2.97. The van der Waals surface area contributed by atoms with E-state index in [2.05, 4.69) is 26.2 Å². The fourth-order valence-electron chi connectivity index (χ4n) is 0.766. The summed E-state index contributed by atoms with van der Waals surface area (Å²) in [5.41, 5.74) is 0.644. The number of halogens is 1. The summed E-state index contributed by atoms with van der Waals surface area (Å²) in [4.78, 5) is 15.1. The monoisotopic (exact) mass is 228 g/mol. The molecule has 4 heteroatoms. The molecule has 1 rings (SSSR count). The summed E-state index contributed by atoms with van der Waals surface area (Å²) < 4.78 is 0. The quantitative estimate of drug-likeness (QED) is 0.791. The number of pyridine rings is 1. The van der Waals surface area contributed by atoms with Gasteiger partial charge >= 0.3 is 0 Å². The predicted octanol–water partition coefficient (Wildman–Crippen LogP) is 1.21. The SMILES string of the molecule is O=C(NCCBr)c1ccncc1. The summed E-state index contributed by atoms with van der Waals surface area (Å²) in [6.45, 7) is 0.640. The first-order valence-electron chi connectivity index (χ1n) is 3.59. The molecular weight excluding hydrogens is 220 g/mol. The van der Waals surface area contributed by atoms with Crippen molar-refractivity contribution in [2.75, 3.05) is 11.9 Å². The summed E-state index contributed by atoms with van der Waals surface area (Å²) >= 11 is 3.22. The van der Waals surface area contributed by atoms with E-state index in [-0.39, 0.29) is 5.91 Å². The minimum atomic E-state index is -0.0585. The van der Waals surface area contributed by atoms with Gasteiger partial charge in [0.25, 0.3) is 5.91 Å². The number of aromatic nitrogens is 1. The maximum Gasteiger partial charge on any atom is 0.251 e. The number of rotatable bonds is 3. The topological polar surface area (TPSA) is 42.0 Å². The molecule has 0 fully saturated rings. The van der Waals surface area contributed by atoms with Crippen molar-refractivity contribution in [3.05, 3.63) is 30.1 Å². The van der Waals surface area contributed by atoms with Gasteiger partial charge in [0.1, 0.15) is 0 Å². The van der Waals surface area contributed by atoms with Crippen LogP contribution in [0.5, 0.6) is 0 Å². The molecule has 3 nitrogen and oxygen atoms in total. The van der Waals surface area contributed by atoms with Crippen molar-refractivity contribution >= 4 is 21.8 Å². The lowest BCUT2D eigenvalue weighted by Gasteiger charge is -2.00. The molecule has 1 aromatic rings. The van der Waals surface area contributed by atoms with E-state index in [1.165, 1.54) is 0 Å². The van der Waals surface area contributed by atoms with Gasteiger partial charge in [-0.25, -0.2) is 0 Å². The first-order chi connectivity index (χ1) is 5.84. The van der Waals surface area contributed by atoms with Gasteiger partial charge < -0.3 is 5.32 Å². The molecule has 1 amide bonds. The molecule has 0 saturated heterocycles. The molecule has 0 aromatic carbocycles. The van der Waals surface area contributed by atoms with Gasteiger partial charge in [0, 0.05) is 29.8 Å². The second kappa shape index (κ2) is 4.87. The van der Waals surface area contributed by atoms with Crippen LogP contribution >= 0.6 is 15.9 Å². The number of carbonyl (C=O) groups is 1. The molecule has 1 aromatic heterocycles. The zero-order valence-corrected chi connectivity index (χ0v) is 8.04. The Balaban J connectivity index is 2.54. The Hall–Kier alpha value is -0.900. The molecule has 12 heavy (non-hydrogen) atoms. The van der Waals surface area contributed by atoms with Crippen molar-refractivity contribution < 1.29 is 4.79 Å². The number of nitrogens with zero attached hydrogens (tertiary/aromatic N) is 1. The third-order valence-electron chi connectivity index (χ3n) is 1.32. The Kier molecular flexibility index (Phi) is 3.73. The molecule has 0 spiro atoms. The van der Waals surface area contributed by atoms with Crippen LogP contribution in [-0.2, 0) is 0 Å². The van der Waals surface area contributed by atoms with E-state index >= 15 is 0 Å². The van der Waals surface area contributed by atoms with Crippen molar-refractivity contribution in [3.63, 3.8) is 0 Å². The van der Waals surface area contributed by atoms with E-state index in [1.54, 1.807) is 24.5 Å². The molecule has 0 aliphatic heterocycles. The summed E-state index contributed by atoms with van der Waals surface area (Å²) in [5, 5.41) is 3.50. The lowest BCUT2D eigenvalue weighted by molar-refractivity contribution is 0.0956. The number of hydrogen-bond donors (Lipinski definition) is 1. The molecule has 0 atom stereocenters. The Labute approximate surface area is 79.3 Å². The predicted molar refractivity (Wildman–Crippen MR) is 50.4 cm³/mol.